The maximum absolute atomic E-state index is 5.63. The van der Waals surface area contributed by atoms with E-state index in [0.29, 0.717) is 15.7 Å². The molecule has 0 atom stereocenters. The summed E-state index contributed by atoms with van der Waals surface area (Å²) < 4.78 is 0.491. The van der Waals surface area contributed by atoms with Gasteiger partial charge in [-0.1, -0.05) is 11.6 Å². The third-order valence-corrected chi connectivity index (χ3v) is 1.92. The highest BCUT2D eigenvalue weighted by Crippen LogP contribution is 2.14. The standard InChI is InChI=1S/C7H5ClN4S/c8-5-2-1-4(3-9-5)6-10-7(13)12-11-6/h1-3H,(H2,10,11,12,13). The largest absolute Gasteiger partial charge is 0.314 e. The number of pyridine rings is 1. The number of aromatic nitrogens is 4. The van der Waals surface area contributed by atoms with E-state index >= 15 is 0 Å². The smallest absolute Gasteiger partial charge is 0.192 e. The van der Waals surface area contributed by atoms with Crippen molar-refractivity contribution in [3.05, 3.63) is 28.3 Å². The number of nitrogens with zero attached hydrogens (tertiary/aromatic N) is 2. The number of hydrogen-bond donors (Lipinski definition) is 2. The first-order chi connectivity index (χ1) is 6.25. The average Bonchev–Trinajstić information content (AvgIpc) is 2.53. The van der Waals surface area contributed by atoms with Crippen LogP contribution >= 0.6 is 23.8 Å². The molecule has 0 aliphatic heterocycles. The monoisotopic (exact) mass is 212 g/mol. The van der Waals surface area contributed by atoms with E-state index in [4.69, 9.17) is 23.8 Å². The fourth-order valence-corrected chi connectivity index (χ4v) is 1.18. The zero-order valence-corrected chi connectivity index (χ0v) is 7.99. The van der Waals surface area contributed by atoms with E-state index in [0.717, 1.165) is 5.56 Å². The molecule has 0 saturated carbocycles. The van der Waals surface area contributed by atoms with Gasteiger partial charge in [0.05, 0.1) is 0 Å². The van der Waals surface area contributed by atoms with Crippen molar-refractivity contribution >= 4 is 23.8 Å². The van der Waals surface area contributed by atoms with E-state index in [2.05, 4.69) is 20.2 Å². The van der Waals surface area contributed by atoms with Gasteiger partial charge in [0.2, 0.25) is 0 Å². The van der Waals surface area contributed by atoms with Gasteiger partial charge in [-0.3, -0.25) is 5.10 Å². The minimum atomic E-state index is 0.456. The summed E-state index contributed by atoms with van der Waals surface area (Å²) in [5, 5.41) is 7.03. The summed E-state index contributed by atoms with van der Waals surface area (Å²) in [6.07, 6.45) is 1.63. The third-order valence-electron chi connectivity index (χ3n) is 1.50. The number of halogens is 1. The van der Waals surface area contributed by atoms with Gasteiger partial charge in [-0.2, -0.15) is 5.10 Å². The molecule has 0 aromatic carbocycles. The second kappa shape index (κ2) is 3.27. The molecule has 6 heteroatoms. The molecule has 0 unspecified atom stereocenters. The van der Waals surface area contributed by atoms with E-state index in [-0.39, 0.29) is 0 Å². The minimum Gasteiger partial charge on any atom is -0.314 e. The lowest BCUT2D eigenvalue weighted by atomic mass is 10.3. The van der Waals surface area contributed by atoms with Crippen LogP contribution in [0.25, 0.3) is 11.4 Å². The Labute approximate surface area is 84.0 Å². The van der Waals surface area contributed by atoms with Gasteiger partial charge in [-0.15, -0.1) is 0 Å². The Kier molecular flexibility index (Phi) is 2.12. The second-order valence-electron chi connectivity index (χ2n) is 2.40. The van der Waals surface area contributed by atoms with Gasteiger partial charge in [0, 0.05) is 11.8 Å². The molecule has 0 aliphatic carbocycles. The van der Waals surface area contributed by atoms with Crippen LogP contribution < -0.4 is 0 Å². The average molecular weight is 213 g/mol. The topological polar surface area (TPSA) is 57.4 Å². The van der Waals surface area contributed by atoms with Crippen LogP contribution in [0.15, 0.2) is 18.3 Å². The predicted octanol–water partition coefficient (Wildman–Crippen LogP) is 2.18. The maximum Gasteiger partial charge on any atom is 0.192 e. The Morgan fingerprint density at radius 3 is 2.77 bits per heavy atom. The summed E-state index contributed by atoms with van der Waals surface area (Å²) in [5.41, 5.74) is 0.844. The van der Waals surface area contributed by atoms with Gasteiger partial charge < -0.3 is 4.98 Å². The lowest BCUT2D eigenvalue weighted by molar-refractivity contribution is 1.08. The molecule has 2 aromatic heterocycles. The first-order valence-electron chi connectivity index (χ1n) is 3.52. The highest BCUT2D eigenvalue weighted by Gasteiger charge is 2.00. The van der Waals surface area contributed by atoms with Crippen molar-refractivity contribution < 1.29 is 0 Å². The van der Waals surface area contributed by atoms with Crippen molar-refractivity contribution in [1.29, 1.82) is 0 Å². The van der Waals surface area contributed by atoms with Gasteiger partial charge in [0.25, 0.3) is 0 Å². The van der Waals surface area contributed by atoms with Gasteiger partial charge in [-0.25, -0.2) is 4.98 Å². The van der Waals surface area contributed by atoms with E-state index in [9.17, 15) is 0 Å². The van der Waals surface area contributed by atoms with Crippen LogP contribution in [-0.4, -0.2) is 20.2 Å². The fraction of sp³-hybridized carbons (Fsp3) is 0. The molecule has 0 aliphatic rings. The number of aromatic amines is 2. The molecule has 0 amide bonds. The van der Waals surface area contributed by atoms with Crippen LogP contribution in [0.4, 0.5) is 0 Å². The van der Waals surface area contributed by atoms with E-state index < -0.39 is 0 Å². The molecule has 2 rings (SSSR count). The van der Waals surface area contributed by atoms with Gasteiger partial charge in [0.15, 0.2) is 10.6 Å². The first kappa shape index (κ1) is 8.40. The van der Waals surface area contributed by atoms with E-state index in [1.165, 1.54) is 0 Å². The van der Waals surface area contributed by atoms with Crippen molar-refractivity contribution in [3.8, 4) is 11.4 Å². The second-order valence-corrected chi connectivity index (χ2v) is 3.19. The van der Waals surface area contributed by atoms with Crippen LogP contribution in [0.3, 0.4) is 0 Å². The summed E-state index contributed by atoms with van der Waals surface area (Å²) in [6.45, 7) is 0. The summed E-state index contributed by atoms with van der Waals surface area (Å²) in [5.74, 6) is 0.661. The molecule has 0 spiro atoms. The molecule has 0 fully saturated rings. The minimum absolute atomic E-state index is 0.456. The molecule has 2 aromatic rings. The quantitative estimate of drug-likeness (QED) is 0.563. The Morgan fingerprint density at radius 1 is 1.38 bits per heavy atom. The number of H-pyrrole nitrogens is 2. The molecule has 2 heterocycles. The SMILES string of the molecule is S=c1[nH]nc(-c2ccc(Cl)nc2)[nH]1. The normalized spacial score (nSPS) is 10.2. The van der Waals surface area contributed by atoms with Gasteiger partial charge in [-0.05, 0) is 24.4 Å². The summed E-state index contributed by atoms with van der Waals surface area (Å²) in [7, 11) is 0. The van der Waals surface area contributed by atoms with Crippen molar-refractivity contribution in [2.24, 2.45) is 0 Å². The predicted molar refractivity (Wildman–Crippen MR) is 52.0 cm³/mol. The summed E-state index contributed by atoms with van der Waals surface area (Å²) in [4.78, 5) is 6.80. The van der Waals surface area contributed by atoms with Crippen molar-refractivity contribution in [2.75, 3.05) is 0 Å². The van der Waals surface area contributed by atoms with Crippen molar-refractivity contribution in [2.45, 2.75) is 0 Å². The Morgan fingerprint density at radius 2 is 2.23 bits per heavy atom. The Bertz CT molecular complexity index is 458. The van der Waals surface area contributed by atoms with Gasteiger partial charge in [0.1, 0.15) is 5.15 Å². The number of hydrogen-bond acceptors (Lipinski definition) is 3. The van der Waals surface area contributed by atoms with Crippen LogP contribution in [-0.2, 0) is 0 Å². The highest BCUT2D eigenvalue weighted by molar-refractivity contribution is 7.71. The lowest BCUT2D eigenvalue weighted by Crippen LogP contribution is -1.82. The van der Waals surface area contributed by atoms with Crippen LogP contribution in [0.2, 0.25) is 5.15 Å². The lowest BCUT2D eigenvalue weighted by Gasteiger charge is -1.93. The molecule has 13 heavy (non-hydrogen) atoms. The maximum atomic E-state index is 5.63. The zero-order valence-electron chi connectivity index (χ0n) is 6.41. The number of nitrogens with one attached hydrogen (secondary N) is 2. The number of rotatable bonds is 1. The molecular weight excluding hydrogens is 208 g/mol. The Hall–Kier alpha value is -1.20. The Balaban J connectivity index is 2.47. The summed E-state index contributed by atoms with van der Waals surface area (Å²) in [6, 6.07) is 3.51. The molecular formula is C7H5ClN4S. The van der Waals surface area contributed by atoms with Crippen molar-refractivity contribution in [3.63, 3.8) is 0 Å². The zero-order chi connectivity index (χ0) is 9.26. The van der Waals surface area contributed by atoms with Crippen LogP contribution in [0, 0.1) is 4.77 Å². The molecule has 4 nitrogen and oxygen atoms in total. The summed E-state index contributed by atoms with van der Waals surface area (Å²) >= 11 is 10.5. The fourth-order valence-electron chi connectivity index (χ4n) is 0.923. The van der Waals surface area contributed by atoms with Crippen LogP contribution in [0.1, 0.15) is 0 Å². The van der Waals surface area contributed by atoms with Gasteiger partial charge >= 0.3 is 0 Å². The van der Waals surface area contributed by atoms with Crippen LogP contribution in [0.5, 0.6) is 0 Å². The molecule has 66 valence electrons. The molecule has 0 radical (unpaired) electrons. The molecule has 0 bridgehead atoms. The third kappa shape index (κ3) is 1.76. The first-order valence-corrected chi connectivity index (χ1v) is 4.31. The molecule has 2 N–H and O–H groups in total. The molecule has 0 saturated heterocycles. The van der Waals surface area contributed by atoms with E-state index in [1.807, 2.05) is 6.07 Å². The highest BCUT2D eigenvalue weighted by atomic mass is 35.5. The van der Waals surface area contributed by atoms with E-state index in [1.54, 1.807) is 12.3 Å². The van der Waals surface area contributed by atoms with Crippen molar-refractivity contribution in [1.82, 2.24) is 20.2 Å².